The Morgan fingerprint density at radius 3 is 1.17 bits per heavy atom. The fraction of sp³-hybridized carbons (Fsp3) is 0.925. The lowest BCUT2D eigenvalue weighted by Crippen LogP contribution is -2.61. The molecule has 0 aromatic heterocycles. The minimum atomic E-state index is -1.12. The predicted octanol–water partition coefficient (Wildman–Crippen LogP) is 11.4. The van der Waals surface area contributed by atoms with Crippen molar-refractivity contribution >= 4 is 23.9 Å². The lowest BCUT2D eigenvalue weighted by Gasteiger charge is -2.55. The minimum Gasteiger partial charge on any atom is -0.481 e. The van der Waals surface area contributed by atoms with E-state index >= 15 is 0 Å². The first kappa shape index (κ1) is 58.8. The van der Waals surface area contributed by atoms with Gasteiger partial charge in [0.15, 0.2) is 0 Å². The van der Waals surface area contributed by atoms with E-state index in [2.05, 4.69) is 13.8 Å². The standard InChI is InChI=1S/C53H100N4O8/c1-39-37-41(33-35-45(39)54)47(56)29-25-26-30-48(57)53(42-34-36-46(55)40(2)38-42,44(52(64)65)28-22-18-14-12-16-20-24-32-50(60)61)43(51(62)63)27-21-17-13-10-8-6-4-3-5-7-9-11-15-19-23-31-49(58)59/h39-48H,3-38,54-57H2,1-2H3,(H,58,59)(H,60,61)(H,62,63)(H,64,65). The van der Waals surface area contributed by atoms with Crippen LogP contribution in [-0.4, -0.2) is 68.5 Å². The first-order chi connectivity index (χ1) is 31.1. The van der Waals surface area contributed by atoms with Crippen molar-refractivity contribution in [2.75, 3.05) is 0 Å². The van der Waals surface area contributed by atoms with E-state index in [-0.39, 0.29) is 42.8 Å². The van der Waals surface area contributed by atoms with Gasteiger partial charge in [-0.2, -0.15) is 0 Å². The van der Waals surface area contributed by atoms with Crippen LogP contribution in [0.1, 0.15) is 245 Å². The van der Waals surface area contributed by atoms with Crippen LogP contribution in [0.25, 0.3) is 0 Å². The van der Waals surface area contributed by atoms with Crippen molar-refractivity contribution in [1.29, 1.82) is 0 Å². The average molecular weight is 921 g/mol. The summed E-state index contributed by atoms with van der Waals surface area (Å²) in [7, 11) is 0. The zero-order valence-electron chi connectivity index (χ0n) is 41.5. The van der Waals surface area contributed by atoms with Gasteiger partial charge in [-0.1, -0.05) is 155 Å². The molecule has 0 radical (unpaired) electrons. The number of hydrogen-bond donors (Lipinski definition) is 8. The predicted molar refractivity (Wildman–Crippen MR) is 263 cm³/mol. The molecule has 2 aliphatic carbocycles. The molecule has 0 bridgehead atoms. The number of aliphatic carboxylic acids is 4. The van der Waals surface area contributed by atoms with Gasteiger partial charge in [0.1, 0.15) is 0 Å². The molecule has 0 spiro atoms. The second-order valence-electron chi connectivity index (χ2n) is 21.3. The summed E-state index contributed by atoms with van der Waals surface area (Å²) in [5.41, 5.74) is 26.0. The van der Waals surface area contributed by atoms with Crippen LogP contribution in [0.5, 0.6) is 0 Å². The van der Waals surface area contributed by atoms with Crippen LogP contribution in [0.15, 0.2) is 0 Å². The Bertz CT molecular complexity index is 1300. The van der Waals surface area contributed by atoms with Crippen molar-refractivity contribution in [2.24, 2.45) is 63.9 Å². The molecule has 380 valence electrons. The van der Waals surface area contributed by atoms with E-state index in [0.29, 0.717) is 56.8 Å². The molecule has 12 N–H and O–H groups in total. The molecule has 65 heavy (non-hydrogen) atoms. The highest BCUT2D eigenvalue weighted by atomic mass is 16.4. The van der Waals surface area contributed by atoms with Gasteiger partial charge >= 0.3 is 23.9 Å². The van der Waals surface area contributed by atoms with Crippen LogP contribution in [0.3, 0.4) is 0 Å². The van der Waals surface area contributed by atoms with Crippen LogP contribution in [0.4, 0.5) is 0 Å². The van der Waals surface area contributed by atoms with Gasteiger partial charge in [-0.15, -0.1) is 0 Å². The number of nitrogens with two attached hydrogens (primary N) is 4. The molecule has 11 unspecified atom stereocenters. The number of unbranched alkanes of at least 4 members (excludes halogenated alkanes) is 21. The van der Waals surface area contributed by atoms with Crippen LogP contribution in [0.2, 0.25) is 0 Å². The fourth-order valence-electron chi connectivity index (χ4n) is 12.2. The Labute approximate surface area is 395 Å². The van der Waals surface area contributed by atoms with E-state index in [1.165, 1.54) is 51.4 Å². The third-order valence-electron chi connectivity index (χ3n) is 16.3. The SMILES string of the molecule is CC1CC(C(N)CCCCC(N)C(C2CCC(N)C(C)C2)(C(CCCCCCCCCCCCCCCCCC(=O)O)C(=O)O)C(CCCCCCCCCC(=O)O)C(=O)O)CCC1N. The number of carbonyl (C=O) groups is 4. The maximum Gasteiger partial charge on any atom is 0.307 e. The van der Waals surface area contributed by atoms with Gasteiger partial charge in [0, 0.05) is 42.4 Å². The third kappa shape index (κ3) is 22.6. The molecule has 0 aromatic carbocycles. The summed E-state index contributed by atoms with van der Waals surface area (Å²) < 4.78 is 0. The molecule has 0 heterocycles. The van der Waals surface area contributed by atoms with Gasteiger partial charge in [-0.05, 0) is 101 Å². The van der Waals surface area contributed by atoms with E-state index in [0.717, 1.165) is 122 Å². The molecular weight excluding hydrogens is 821 g/mol. The van der Waals surface area contributed by atoms with Gasteiger partial charge in [0.2, 0.25) is 0 Å². The molecule has 0 aromatic rings. The molecule has 2 rings (SSSR count). The third-order valence-corrected chi connectivity index (χ3v) is 16.3. The zero-order valence-corrected chi connectivity index (χ0v) is 41.5. The Morgan fingerprint density at radius 2 is 0.800 bits per heavy atom. The summed E-state index contributed by atoms with van der Waals surface area (Å²) >= 11 is 0. The van der Waals surface area contributed by atoms with E-state index in [1.807, 2.05) is 0 Å². The van der Waals surface area contributed by atoms with Crippen molar-refractivity contribution in [2.45, 2.75) is 269 Å². The molecule has 2 aliphatic rings. The average Bonchev–Trinajstić information content (AvgIpc) is 3.25. The van der Waals surface area contributed by atoms with Gasteiger partial charge in [-0.3, -0.25) is 19.2 Å². The van der Waals surface area contributed by atoms with E-state index in [4.69, 9.17) is 33.1 Å². The van der Waals surface area contributed by atoms with Gasteiger partial charge in [0.25, 0.3) is 0 Å². The van der Waals surface area contributed by atoms with Gasteiger partial charge in [0.05, 0.1) is 11.8 Å². The van der Waals surface area contributed by atoms with Crippen LogP contribution in [0, 0.1) is 40.9 Å². The highest BCUT2D eigenvalue weighted by Crippen LogP contribution is 2.56. The van der Waals surface area contributed by atoms with Crippen molar-refractivity contribution < 1.29 is 39.6 Å². The molecule has 11 atom stereocenters. The highest BCUT2D eigenvalue weighted by molar-refractivity contribution is 5.76. The first-order valence-electron chi connectivity index (χ1n) is 27.0. The van der Waals surface area contributed by atoms with Crippen molar-refractivity contribution in [1.82, 2.24) is 0 Å². The Morgan fingerprint density at radius 1 is 0.462 bits per heavy atom. The summed E-state index contributed by atoms with van der Waals surface area (Å²) in [6.45, 7) is 4.35. The first-order valence-corrected chi connectivity index (χ1v) is 27.0. The van der Waals surface area contributed by atoms with Gasteiger partial charge in [-0.25, -0.2) is 0 Å². The topological polar surface area (TPSA) is 253 Å². The van der Waals surface area contributed by atoms with Crippen LogP contribution < -0.4 is 22.9 Å². The van der Waals surface area contributed by atoms with Crippen molar-refractivity contribution in [3.8, 4) is 0 Å². The van der Waals surface area contributed by atoms with E-state index in [1.54, 1.807) is 0 Å². The molecule has 12 heteroatoms. The second kappa shape index (κ2) is 34.1. The van der Waals surface area contributed by atoms with Gasteiger partial charge < -0.3 is 43.4 Å². The molecule has 2 saturated carbocycles. The summed E-state index contributed by atoms with van der Waals surface area (Å²) in [6.07, 6.45) is 31.9. The normalized spacial score (nSPS) is 24.2. The molecule has 2 fully saturated rings. The lowest BCUT2D eigenvalue weighted by atomic mass is 9.49. The quantitative estimate of drug-likeness (QED) is 0.0267. The Balaban J connectivity index is 2.14. The second-order valence-corrected chi connectivity index (χ2v) is 21.3. The highest BCUT2D eigenvalue weighted by Gasteiger charge is 2.59. The molecule has 12 nitrogen and oxygen atoms in total. The Kier molecular flexibility index (Phi) is 30.8. The van der Waals surface area contributed by atoms with E-state index in [9.17, 15) is 29.4 Å². The van der Waals surface area contributed by atoms with Crippen molar-refractivity contribution in [3.63, 3.8) is 0 Å². The zero-order chi connectivity index (χ0) is 48.0. The smallest absolute Gasteiger partial charge is 0.307 e. The summed E-state index contributed by atoms with van der Waals surface area (Å²) in [5.74, 6) is -4.21. The summed E-state index contributed by atoms with van der Waals surface area (Å²) in [4.78, 5) is 49.2. The molecule has 0 amide bonds. The monoisotopic (exact) mass is 921 g/mol. The maximum absolute atomic E-state index is 13.8. The van der Waals surface area contributed by atoms with Crippen LogP contribution >= 0.6 is 0 Å². The lowest BCUT2D eigenvalue weighted by molar-refractivity contribution is -0.168. The number of carboxylic acid groups (broad SMARTS) is 4. The maximum atomic E-state index is 13.8. The molecular formula is C53H100N4O8. The number of carboxylic acids is 4. The molecule has 0 aliphatic heterocycles. The van der Waals surface area contributed by atoms with E-state index < -0.39 is 47.2 Å². The van der Waals surface area contributed by atoms with Crippen molar-refractivity contribution in [3.05, 3.63) is 0 Å². The largest absolute Gasteiger partial charge is 0.481 e. The van der Waals surface area contributed by atoms with Crippen LogP contribution in [-0.2, 0) is 19.2 Å². The Hall–Kier alpha value is -2.28. The summed E-state index contributed by atoms with van der Waals surface area (Å²) in [5, 5.41) is 40.3. The number of hydrogen-bond acceptors (Lipinski definition) is 8. The fourth-order valence-corrected chi connectivity index (χ4v) is 12.2. The number of rotatable bonds is 40. The molecule has 0 saturated heterocycles. The minimum absolute atomic E-state index is 0.00568. The summed E-state index contributed by atoms with van der Waals surface area (Å²) in [6, 6.07) is -0.293.